The number of allylic oxidation sites excluding steroid dienone is 1. The summed E-state index contributed by atoms with van der Waals surface area (Å²) < 4.78 is 57.4. The molecule has 5 rings (SSSR count). The number of hydrogen-bond acceptors (Lipinski definition) is 5. The number of rotatable bonds is 8. The maximum absolute atomic E-state index is 14.5. The minimum Gasteiger partial charge on any atom is -0.293 e. The molecule has 0 aliphatic heterocycles. The minimum absolute atomic E-state index is 0.0237. The molecule has 0 amide bonds. The third-order valence-electron chi connectivity index (χ3n) is 7.30. The Morgan fingerprint density at radius 2 is 1.34 bits per heavy atom. The van der Waals surface area contributed by atoms with Gasteiger partial charge in [-0.1, -0.05) is 60.2 Å². The van der Waals surface area contributed by atoms with Crippen molar-refractivity contribution in [3.63, 3.8) is 0 Å². The van der Waals surface area contributed by atoms with Crippen LogP contribution in [0.4, 0.5) is 14.5 Å². The van der Waals surface area contributed by atoms with Crippen LogP contribution >= 0.6 is 0 Å². The SMILES string of the molecule is Cc1ccc(S(=O)(=O)N[C@H](C2=CCC(c3ccc(F)cc3)(c3ccc(F)cc3)C2=O)c2ccc([N+](=O)[O-])cc2)cc1. The highest BCUT2D eigenvalue weighted by Gasteiger charge is 2.48. The topological polar surface area (TPSA) is 106 Å². The third-order valence-corrected chi connectivity index (χ3v) is 8.74. The number of nitro benzene ring substituents is 1. The van der Waals surface area contributed by atoms with Crippen LogP contribution in [0.15, 0.2) is 114 Å². The number of hydrogen-bond donors (Lipinski definition) is 1. The molecule has 1 N–H and O–H groups in total. The average Bonchev–Trinajstić information content (AvgIpc) is 3.30. The van der Waals surface area contributed by atoms with Crippen LogP contribution in [0, 0.1) is 28.7 Å². The smallest absolute Gasteiger partial charge is 0.269 e. The number of Topliss-reactive ketones (excluding diaryl/α,β-unsaturated/α-hetero) is 1. The quantitative estimate of drug-likeness (QED) is 0.203. The lowest BCUT2D eigenvalue weighted by Gasteiger charge is -2.31. The second-order valence-corrected chi connectivity index (χ2v) is 11.5. The van der Waals surface area contributed by atoms with Crippen molar-refractivity contribution in [1.82, 2.24) is 4.72 Å². The number of nitrogens with one attached hydrogen (secondary N) is 1. The zero-order valence-electron chi connectivity index (χ0n) is 21.8. The molecular weight excluding hydrogens is 550 g/mol. The fraction of sp³-hybridized carbons (Fsp3) is 0.129. The molecule has 0 unspecified atom stereocenters. The van der Waals surface area contributed by atoms with E-state index in [1.165, 1.54) is 84.9 Å². The summed E-state index contributed by atoms with van der Waals surface area (Å²) >= 11 is 0. The number of ketones is 1. The summed E-state index contributed by atoms with van der Waals surface area (Å²) in [5.74, 6) is -1.47. The zero-order valence-corrected chi connectivity index (χ0v) is 22.6. The Labute approximate surface area is 235 Å². The first-order valence-corrected chi connectivity index (χ1v) is 14.1. The van der Waals surface area contributed by atoms with Gasteiger partial charge in [-0.2, -0.15) is 4.72 Å². The van der Waals surface area contributed by atoms with Gasteiger partial charge in [0, 0.05) is 17.7 Å². The fourth-order valence-corrected chi connectivity index (χ4v) is 6.32. The monoisotopic (exact) mass is 574 g/mol. The van der Waals surface area contributed by atoms with Crippen molar-refractivity contribution in [3.05, 3.63) is 153 Å². The summed E-state index contributed by atoms with van der Waals surface area (Å²) in [7, 11) is -4.17. The van der Waals surface area contributed by atoms with Gasteiger partial charge in [0.15, 0.2) is 5.78 Å². The van der Waals surface area contributed by atoms with Crippen molar-refractivity contribution in [2.24, 2.45) is 0 Å². The molecule has 4 aromatic carbocycles. The first-order valence-electron chi connectivity index (χ1n) is 12.6. The van der Waals surface area contributed by atoms with Gasteiger partial charge in [-0.25, -0.2) is 17.2 Å². The third kappa shape index (κ3) is 5.31. The maximum atomic E-state index is 14.5. The van der Waals surface area contributed by atoms with Crippen molar-refractivity contribution >= 4 is 21.5 Å². The molecule has 1 aliphatic rings. The van der Waals surface area contributed by atoms with Crippen molar-refractivity contribution in [2.45, 2.75) is 29.7 Å². The number of carbonyl (C=O) groups excluding carboxylic acids is 1. The standard InChI is InChI=1S/C31H24F2N2O5S/c1-20-2-16-27(17-3-20)41(39,40)34-29(21-4-14-26(15-5-21)35(37)38)28-18-19-31(30(28)36,22-6-10-24(32)11-7-22)23-8-12-25(33)13-9-23/h2-18,29,34H,19H2,1H3/t29-/m0/s1. The van der Waals surface area contributed by atoms with E-state index in [1.54, 1.807) is 18.2 Å². The molecule has 1 aliphatic carbocycles. The van der Waals surface area contributed by atoms with E-state index in [0.29, 0.717) is 16.7 Å². The van der Waals surface area contributed by atoms with Crippen molar-refractivity contribution in [2.75, 3.05) is 0 Å². The summed E-state index contributed by atoms with van der Waals surface area (Å²) in [5, 5.41) is 11.3. The summed E-state index contributed by atoms with van der Waals surface area (Å²) in [5.41, 5.74) is 0.574. The molecule has 1 atom stereocenters. The summed E-state index contributed by atoms with van der Waals surface area (Å²) in [6.07, 6.45) is 1.70. The lowest BCUT2D eigenvalue weighted by Crippen LogP contribution is -2.38. The minimum atomic E-state index is -4.17. The van der Waals surface area contributed by atoms with Crippen LogP contribution in [0.1, 0.15) is 34.7 Å². The van der Waals surface area contributed by atoms with Crippen molar-refractivity contribution < 1.29 is 26.9 Å². The highest BCUT2D eigenvalue weighted by molar-refractivity contribution is 7.89. The predicted octanol–water partition coefficient (Wildman–Crippen LogP) is 6.09. The molecule has 0 spiro atoms. The average molecular weight is 575 g/mol. The lowest BCUT2D eigenvalue weighted by molar-refractivity contribution is -0.384. The Hall–Kier alpha value is -4.54. The zero-order chi connectivity index (χ0) is 29.4. The van der Waals surface area contributed by atoms with Gasteiger partial charge in [0.05, 0.1) is 21.3 Å². The van der Waals surface area contributed by atoms with Gasteiger partial charge in [-0.3, -0.25) is 14.9 Å². The summed E-state index contributed by atoms with van der Waals surface area (Å²) in [4.78, 5) is 25.1. The van der Waals surface area contributed by atoms with Gasteiger partial charge >= 0.3 is 0 Å². The highest BCUT2D eigenvalue weighted by Crippen LogP contribution is 2.46. The molecule has 4 aromatic rings. The second kappa shape index (κ2) is 10.8. The number of nitrogens with zero attached hydrogens (tertiary/aromatic N) is 1. The molecule has 0 fully saturated rings. The van der Waals surface area contributed by atoms with E-state index < -0.39 is 43.8 Å². The Kier molecular flexibility index (Phi) is 7.37. The van der Waals surface area contributed by atoms with Crippen LogP contribution in [0.3, 0.4) is 0 Å². The van der Waals surface area contributed by atoms with Crippen molar-refractivity contribution in [3.8, 4) is 0 Å². The number of non-ortho nitro benzene ring substituents is 1. The molecule has 0 heterocycles. The van der Waals surface area contributed by atoms with Crippen molar-refractivity contribution in [1.29, 1.82) is 0 Å². The van der Waals surface area contributed by atoms with Crippen LogP contribution in [0.25, 0.3) is 0 Å². The van der Waals surface area contributed by atoms with E-state index in [-0.39, 0.29) is 22.6 Å². The van der Waals surface area contributed by atoms with Gasteiger partial charge in [-0.05, 0) is 66.4 Å². The molecule has 0 radical (unpaired) electrons. The highest BCUT2D eigenvalue weighted by atomic mass is 32.2. The number of nitro groups is 1. The van der Waals surface area contributed by atoms with Crippen LogP contribution in [-0.4, -0.2) is 19.1 Å². The molecule has 0 saturated heterocycles. The number of carbonyl (C=O) groups is 1. The molecule has 7 nitrogen and oxygen atoms in total. The van der Waals surface area contributed by atoms with Gasteiger partial charge < -0.3 is 0 Å². The van der Waals surface area contributed by atoms with Gasteiger partial charge in [0.1, 0.15) is 11.6 Å². The Morgan fingerprint density at radius 1 is 0.829 bits per heavy atom. The Balaban J connectivity index is 1.63. The van der Waals surface area contributed by atoms with E-state index in [1.807, 2.05) is 6.92 Å². The van der Waals surface area contributed by atoms with Gasteiger partial charge in [0.2, 0.25) is 10.0 Å². The van der Waals surface area contributed by atoms with E-state index in [2.05, 4.69) is 4.72 Å². The molecule has 0 aromatic heterocycles. The number of sulfonamides is 1. The fourth-order valence-electron chi connectivity index (χ4n) is 5.12. The van der Waals surface area contributed by atoms with E-state index in [4.69, 9.17) is 0 Å². The van der Waals surface area contributed by atoms with Gasteiger partial charge in [-0.15, -0.1) is 0 Å². The normalized spacial score (nSPS) is 15.4. The Morgan fingerprint density at radius 3 is 1.83 bits per heavy atom. The summed E-state index contributed by atoms with van der Waals surface area (Å²) in [6.45, 7) is 1.82. The number of aryl methyl sites for hydroxylation is 1. The molecule has 0 bridgehead atoms. The van der Waals surface area contributed by atoms with Crippen LogP contribution in [-0.2, 0) is 20.2 Å². The van der Waals surface area contributed by atoms with Crippen LogP contribution < -0.4 is 4.72 Å². The molecule has 208 valence electrons. The van der Waals surface area contributed by atoms with Crippen LogP contribution in [0.2, 0.25) is 0 Å². The molecule has 10 heteroatoms. The molecule has 0 saturated carbocycles. The van der Waals surface area contributed by atoms with E-state index in [0.717, 1.165) is 5.56 Å². The first kappa shape index (κ1) is 28.0. The predicted molar refractivity (Wildman–Crippen MR) is 149 cm³/mol. The molecule has 41 heavy (non-hydrogen) atoms. The largest absolute Gasteiger partial charge is 0.293 e. The van der Waals surface area contributed by atoms with E-state index >= 15 is 0 Å². The van der Waals surface area contributed by atoms with Crippen LogP contribution in [0.5, 0.6) is 0 Å². The maximum Gasteiger partial charge on any atom is 0.269 e. The Bertz CT molecular complexity index is 1710. The van der Waals surface area contributed by atoms with Gasteiger partial charge in [0.25, 0.3) is 5.69 Å². The lowest BCUT2D eigenvalue weighted by atomic mass is 9.70. The summed E-state index contributed by atoms with van der Waals surface area (Å²) in [6, 6.07) is 21.0. The van der Waals surface area contributed by atoms with E-state index in [9.17, 15) is 32.1 Å². The molecular formula is C31H24F2N2O5S. The first-order chi connectivity index (χ1) is 19.5. The number of benzene rings is 4. The number of halogens is 2. The second-order valence-electron chi connectivity index (χ2n) is 9.83.